The molecule has 1 fully saturated rings. The lowest BCUT2D eigenvalue weighted by molar-refractivity contribution is -0.127. The van der Waals surface area contributed by atoms with Crippen molar-refractivity contribution >= 4 is 28.6 Å². The third-order valence-corrected chi connectivity index (χ3v) is 5.92. The third-order valence-electron chi connectivity index (χ3n) is 4.93. The van der Waals surface area contributed by atoms with Crippen LogP contribution in [-0.4, -0.2) is 39.2 Å². The monoisotopic (exact) mass is 365 g/mol. The lowest BCUT2D eigenvalue weighted by Gasteiger charge is -2.14. The van der Waals surface area contributed by atoms with Crippen LogP contribution in [-0.2, 0) is 11.3 Å². The van der Waals surface area contributed by atoms with Crippen LogP contribution in [0, 0.1) is 6.92 Å². The van der Waals surface area contributed by atoms with Crippen LogP contribution in [0.25, 0.3) is 10.9 Å². The topological polar surface area (TPSA) is 38.1 Å². The summed E-state index contributed by atoms with van der Waals surface area (Å²) in [5, 5.41) is 2.07. The van der Waals surface area contributed by atoms with E-state index in [1.165, 1.54) is 11.1 Å². The molecule has 0 aliphatic carbocycles. The highest BCUT2D eigenvalue weighted by atomic mass is 32.2. The summed E-state index contributed by atoms with van der Waals surface area (Å²) in [6.07, 6.45) is 6.22. The van der Waals surface area contributed by atoms with E-state index in [0.717, 1.165) is 48.4 Å². The first-order chi connectivity index (χ1) is 12.7. The molecule has 1 saturated heterocycles. The average molecular weight is 366 g/mol. The first-order valence-electron chi connectivity index (χ1n) is 9.11. The van der Waals surface area contributed by atoms with Gasteiger partial charge < -0.3 is 9.47 Å². The van der Waals surface area contributed by atoms with Gasteiger partial charge in [0.15, 0.2) is 0 Å². The van der Waals surface area contributed by atoms with Gasteiger partial charge in [-0.2, -0.15) is 0 Å². The van der Waals surface area contributed by atoms with E-state index in [4.69, 9.17) is 0 Å². The quantitative estimate of drug-likeness (QED) is 0.639. The van der Waals surface area contributed by atoms with E-state index in [1.807, 2.05) is 11.1 Å². The number of carbonyl (C=O) groups excluding carboxylic acids is 1. The van der Waals surface area contributed by atoms with Gasteiger partial charge in [0, 0.05) is 37.4 Å². The minimum Gasteiger partial charge on any atom is -0.343 e. The molecule has 0 atom stereocenters. The maximum Gasteiger partial charge on any atom is 0.232 e. The molecule has 0 spiro atoms. The van der Waals surface area contributed by atoms with Gasteiger partial charge in [-0.1, -0.05) is 41.6 Å². The molecule has 0 saturated carbocycles. The molecule has 0 N–H and O–H groups in total. The summed E-state index contributed by atoms with van der Waals surface area (Å²) in [7, 11) is 0. The van der Waals surface area contributed by atoms with E-state index < -0.39 is 0 Å². The van der Waals surface area contributed by atoms with E-state index in [2.05, 4.69) is 59.1 Å². The maximum absolute atomic E-state index is 12.3. The van der Waals surface area contributed by atoms with E-state index >= 15 is 0 Å². The second-order valence-electron chi connectivity index (χ2n) is 6.85. The van der Waals surface area contributed by atoms with Crippen LogP contribution < -0.4 is 0 Å². The molecule has 0 bridgehead atoms. The van der Waals surface area contributed by atoms with Gasteiger partial charge >= 0.3 is 0 Å². The van der Waals surface area contributed by atoms with Crippen LogP contribution in [0.15, 0.2) is 53.8 Å². The fourth-order valence-electron chi connectivity index (χ4n) is 3.43. The number of fused-ring (bicyclic) bond motifs is 1. The van der Waals surface area contributed by atoms with Gasteiger partial charge in [-0.25, -0.2) is 4.98 Å². The maximum atomic E-state index is 12.3. The predicted octanol–water partition coefficient (Wildman–Crippen LogP) is 4.11. The minimum atomic E-state index is 0.227. The summed E-state index contributed by atoms with van der Waals surface area (Å²) in [5.41, 5.74) is 3.72. The van der Waals surface area contributed by atoms with Crippen LogP contribution in [0.1, 0.15) is 24.0 Å². The Hall–Kier alpha value is -2.27. The lowest BCUT2D eigenvalue weighted by atomic mass is 10.1. The molecule has 4 nitrogen and oxygen atoms in total. The lowest BCUT2D eigenvalue weighted by Crippen LogP contribution is -2.29. The van der Waals surface area contributed by atoms with Crippen LogP contribution in [0.5, 0.6) is 0 Å². The largest absolute Gasteiger partial charge is 0.343 e. The molecule has 5 heteroatoms. The number of aryl methyl sites for hydroxylation is 1. The van der Waals surface area contributed by atoms with Gasteiger partial charge in [0.25, 0.3) is 0 Å². The Labute approximate surface area is 158 Å². The van der Waals surface area contributed by atoms with Crippen molar-refractivity contribution in [1.82, 2.24) is 14.5 Å². The standard InChI is InChI=1S/C21H23N3OS/c1-16-4-6-17(7-5-16)14-24-13-9-18-19(24)8-10-22-21(18)26-15-20(25)23-11-2-3-12-23/h4-10,13H,2-3,11-12,14-15H2,1H3. The Morgan fingerprint density at radius 1 is 1.12 bits per heavy atom. The minimum absolute atomic E-state index is 0.227. The summed E-state index contributed by atoms with van der Waals surface area (Å²) in [4.78, 5) is 18.8. The number of pyridine rings is 1. The Balaban J connectivity index is 1.51. The third kappa shape index (κ3) is 3.63. The fraction of sp³-hybridized carbons (Fsp3) is 0.333. The Bertz CT molecular complexity index is 911. The van der Waals surface area contributed by atoms with Crippen molar-refractivity contribution in [3.05, 3.63) is 59.9 Å². The number of benzene rings is 1. The van der Waals surface area contributed by atoms with E-state index in [-0.39, 0.29) is 5.91 Å². The number of likely N-dealkylation sites (tertiary alicyclic amines) is 1. The number of nitrogens with zero attached hydrogens (tertiary/aromatic N) is 3. The van der Waals surface area contributed by atoms with Crippen molar-refractivity contribution in [1.29, 1.82) is 0 Å². The zero-order valence-corrected chi connectivity index (χ0v) is 15.8. The first-order valence-corrected chi connectivity index (χ1v) is 10.1. The van der Waals surface area contributed by atoms with Gasteiger partial charge in [0.1, 0.15) is 5.03 Å². The zero-order chi connectivity index (χ0) is 17.9. The molecular formula is C21H23N3OS. The number of aromatic nitrogens is 2. The van der Waals surface area contributed by atoms with E-state index in [9.17, 15) is 4.79 Å². The highest BCUT2D eigenvalue weighted by molar-refractivity contribution is 8.00. The fourth-order valence-corrected chi connectivity index (χ4v) is 4.33. The number of rotatable bonds is 5. The number of hydrogen-bond acceptors (Lipinski definition) is 3. The van der Waals surface area contributed by atoms with Crippen molar-refractivity contribution in [3.8, 4) is 0 Å². The van der Waals surface area contributed by atoms with Crippen LogP contribution in [0.2, 0.25) is 0 Å². The normalized spacial score (nSPS) is 14.3. The Kier molecular flexibility index (Phi) is 4.98. The summed E-state index contributed by atoms with van der Waals surface area (Å²) >= 11 is 1.55. The molecule has 26 heavy (non-hydrogen) atoms. The smallest absolute Gasteiger partial charge is 0.232 e. The molecule has 3 heterocycles. The first kappa shape index (κ1) is 17.2. The summed E-state index contributed by atoms with van der Waals surface area (Å²) < 4.78 is 2.24. The van der Waals surface area contributed by atoms with Crippen molar-refractivity contribution in [3.63, 3.8) is 0 Å². The van der Waals surface area contributed by atoms with Crippen LogP contribution >= 0.6 is 11.8 Å². The molecule has 0 unspecified atom stereocenters. The number of amides is 1. The van der Waals surface area contributed by atoms with Crippen molar-refractivity contribution in [2.75, 3.05) is 18.8 Å². The van der Waals surface area contributed by atoms with Gasteiger partial charge in [-0.15, -0.1) is 0 Å². The van der Waals surface area contributed by atoms with Crippen molar-refractivity contribution in [2.45, 2.75) is 31.3 Å². The second-order valence-corrected chi connectivity index (χ2v) is 7.82. The molecule has 1 aliphatic heterocycles. The van der Waals surface area contributed by atoms with Gasteiger partial charge in [0.05, 0.1) is 11.3 Å². The SMILES string of the molecule is Cc1ccc(Cn2ccc3c(SCC(=O)N4CCCC4)nccc32)cc1. The number of carbonyl (C=O) groups is 1. The van der Waals surface area contributed by atoms with Crippen molar-refractivity contribution < 1.29 is 4.79 Å². The second kappa shape index (κ2) is 7.54. The highest BCUT2D eigenvalue weighted by Crippen LogP contribution is 2.27. The molecule has 1 aliphatic rings. The molecule has 3 aromatic rings. The van der Waals surface area contributed by atoms with E-state index in [1.54, 1.807) is 11.8 Å². The highest BCUT2D eigenvalue weighted by Gasteiger charge is 2.18. The van der Waals surface area contributed by atoms with Crippen LogP contribution in [0.4, 0.5) is 0 Å². The molecule has 1 aromatic carbocycles. The van der Waals surface area contributed by atoms with E-state index in [0.29, 0.717) is 5.75 Å². The Morgan fingerprint density at radius 3 is 2.65 bits per heavy atom. The molecular weight excluding hydrogens is 342 g/mol. The molecule has 1 amide bonds. The average Bonchev–Trinajstić information content (AvgIpc) is 3.32. The summed E-state index contributed by atoms with van der Waals surface area (Å²) in [6.45, 7) is 4.76. The number of thioether (sulfide) groups is 1. The summed E-state index contributed by atoms with van der Waals surface area (Å²) in [5.74, 6) is 0.695. The molecule has 2 aromatic heterocycles. The van der Waals surface area contributed by atoms with Gasteiger partial charge in [-0.3, -0.25) is 4.79 Å². The zero-order valence-electron chi connectivity index (χ0n) is 15.0. The summed E-state index contributed by atoms with van der Waals surface area (Å²) in [6, 6.07) is 12.8. The van der Waals surface area contributed by atoms with Gasteiger partial charge in [0.2, 0.25) is 5.91 Å². The Morgan fingerprint density at radius 2 is 1.88 bits per heavy atom. The van der Waals surface area contributed by atoms with Gasteiger partial charge in [-0.05, 0) is 37.5 Å². The van der Waals surface area contributed by atoms with Crippen molar-refractivity contribution in [2.24, 2.45) is 0 Å². The van der Waals surface area contributed by atoms with Crippen LogP contribution in [0.3, 0.4) is 0 Å². The molecule has 134 valence electrons. The molecule has 0 radical (unpaired) electrons. The number of hydrogen-bond donors (Lipinski definition) is 0. The predicted molar refractivity (Wildman–Crippen MR) is 107 cm³/mol. The molecule has 4 rings (SSSR count).